The average Bonchev–Trinajstić information content (AvgIpc) is 2.94. The third-order valence-corrected chi connectivity index (χ3v) is 4.32. The van der Waals surface area contributed by atoms with Gasteiger partial charge in [0, 0.05) is 18.9 Å². The van der Waals surface area contributed by atoms with E-state index in [1.807, 2.05) is 13.0 Å². The minimum absolute atomic E-state index is 0.0611. The van der Waals surface area contributed by atoms with Crippen molar-refractivity contribution in [3.63, 3.8) is 0 Å². The number of anilines is 1. The fraction of sp³-hybridized carbons (Fsp3) is 0.438. The van der Waals surface area contributed by atoms with Crippen LogP contribution in [0.15, 0.2) is 18.2 Å². The maximum Gasteiger partial charge on any atom is 0.299 e. The molecule has 1 atom stereocenters. The Morgan fingerprint density at radius 1 is 1.25 bits per heavy atom. The standard InChI is InChI=1S/C16H17NO3/c1-10-4-2-6-12-14(10)17(16(20)15(12)19)9-8-11-5-3-7-13(11)18/h2,4,6,11H,3,5,7-9H2,1H3. The van der Waals surface area contributed by atoms with Crippen molar-refractivity contribution in [3.8, 4) is 0 Å². The van der Waals surface area contributed by atoms with Crippen molar-refractivity contribution >= 4 is 23.2 Å². The first kappa shape index (κ1) is 13.0. The number of ketones is 2. The van der Waals surface area contributed by atoms with Gasteiger partial charge in [-0.15, -0.1) is 0 Å². The number of Topliss-reactive ketones (excluding diaryl/α,β-unsaturated/α-hetero) is 2. The highest BCUT2D eigenvalue weighted by Gasteiger charge is 2.37. The van der Waals surface area contributed by atoms with Gasteiger partial charge in [0.25, 0.3) is 11.7 Å². The van der Waals surface area contributed by atoms with Gasteiger partial charge in [0.05, 0.1) is 11.3 Å². The van der Waals surface area contributed by atoms with Gasteiger partial charge >= 0.3 is 0 Å². The summed E-state index contributed by atoms with van der Waals surface area (Å²) in [7, 11) is 0. The summed E-state index contributed by atoms with van der Waals surface area (Å²) in [5.41, 5.74) is 2.15. The Hall–Kier alpha value is -1.97. The number of rotatable bonds is 3. The monoisotopic (exact) mass is 271 g/mol. The minimum atomic E-state index is -0.459. The van der Waals surface area contributed by atoms with Gasteiger partial charge in [-0.25, -0.2) is 0 Å². The molecule has 1 aliphatic carbocycles. The largest absolute Gasteiger partial charge is 0.304 e. The van der Waals surface area contributed by atoms with Crippen molar-refractivity contribution in [3.05, 3.63) is 29.3 Å². The lowest BCUT2D eigenvalue weighted by molar-refractivity contribution is -0.121. The first-order chi connectivity index (χ1) is 9.59. The summed E-state index contributed by atoms with van der Waals surface area (Å²) in [6.45, 7) is 2.36. The molecule has 0 bridgehead atoms. The number of aryl methyl sites for hydroxylation is 1. The Labute approximate surface area is 117 Å². The van der Waals surface area contributed by atoms with Crippen molar-refractivity contribution < 1.29 is 14.4 Å². The molecule has 4 nitrogen and oxygen atoms in total. The minimum Gasteiger partial charge on any atom is -0.304 e. The van der Waals surface area contributed by atoms with Crippen LogP contribution in [0.25, 0.3) is 0 Å². The van der Waals surface area contributed by atoms with E-state index in [0.717, 1.165) is 24.1 Å². The third-order valence-electron chi connectivity index (χ3n) is 4.32. The van der Waals surface area contributed by atoms with E-state index in [-0.39, 0.29) is 5.92 Å². The van der Waals surface area contributed by atoms with Crippen LogP contribution in [-0.4, -0.2) is 24.0 Å². The molecule has 1 aromatic rings. The molecule has 1 amide bonds. The molecule has 2 aliphatic rings. The zero-order valence-corrected chi connectivity index (χ0v) is 11.5. The smallest absolute Gasteiger partial charge is 0.299 e. The second-order valence-electron chi connectivity index (χ2n) is 5.60. The Morgan fingerprint density at radius 3 is 2.75 bits per heavy atom. The molecule has 0 N–H and O–H groups in total. The lowest BCUT2D eigenvalue weighted by Crippen LogP contribution is -2.32. The summed E-state index contributed by atoms with van der Waals surface area (Å²) in [5.74, 6) is -0.528. The van der Waals surface area contributed by atoms with Crippen LogP contribution in [0.4, 0.5) is 5.69 Å². The Bertz CT molecular complexity index is 606. The van der Waals surface area contributed by atoms with Crippen molar-refractivity contribution in [2.24, 2.45) is 5.92 Å². The predicted octanol–water partition coefficient (Wildman–Crippen LogP) is 2.28. The van der Waals surface area contributed by atoms with Crippen LogP contribution in [0.2, 0.25) is 0 Å². The number of hydrogen-bond acceptors (Lipinski definition) is 3. The quantitative estimate of drug-likeness (QED) is 0.792. The number of fused-ring (bicyclic) bond motifs is 1. The molecule has 1 saturated carbocycles. The number of hydrogen-bond donors (Lipinski definition) is 0. The zero-order valence-electron chi connectivity index (χ0n) is 11.5. The van der Waals surface area contributed by atoms with Gasteiger partial charge in [-0.2, -0.15) is 0 Å². The van der Waals surface area contributed by atoms with Crippen molar-refractivity contribution in [1.29, 1.82) is 0 Å². The van der Waals surface area contributed by atoms with Gasteiger partial charge in [-0.3, -0.25) is 14.4 Å². The van der Waals surface area contributed by atoms with Crippen LogP contribution in [0.3, 0.4) is 0 Å². The molecule has 1 aliphatic heterocycles. The third kappa shape index (κ3) is 1.96. The summed E-state index contributed by atoms with van der Waals surface area (Å²) in [6, 6.07) is 5.39. The summed E-state index contributed by atoms with van der Waals surface area (Å²) in [6.07, 6.45) is 3.18. The fourth-order valence-electron chi connectivity index (χ4n) is 3.23. The number of carbonyl (C=O) groups is 3. The molecule has 0 radical (unpaired) electrons. The second-order valence-corrected chi connectivity index (χ2v) is 5.60. The number of nitrogens with zero attached hydrogens (tertiary/aromatic N) is 1. The van der Waals surface area contributed by atoms with Crippen LogP contribution in [0.1, 0.15) is 41.6 Å². The Kier molecular flexibility index (Phi) is 3.16. The molecule has 1 fully saturated rings. The molecule has 1 heterocycles. The van der Waals surface area contributed by atoms with E-state index in [1.165, 1.54) is 0 Å². The maximum atomic E-state index is 12.1. The first-order valence-corrected chi connectivity index (χ1v) is 7.08. The van der Waals surface area contributed by atoms with Gasteiger partial charge in [-0.1, -0.05) is 12.1 Å². The highest BCUT2D eigenvalue weighted by Crippen LogP contribution is 2.33. The molecule has 4 heteroatoms. The molecule has 0 spiro atoms. The van der Waals surface area contributed by atoms with E-state index in [4.69, 9.17) is 0 Å². The Balaban J connectivity index is 1.82. The van der Waals surface area contributed by atoms with Crippen LogP contribution < -0.4 is 4.90 Å². The van der Waals surface area contributed by atoms with E-state index in [9.17, 15) is 14.4 Å². The number of carbonyl (C=O) groups excluding carboxylic acids is 3. The predicted molar refractivity (Wildman–Crippen MR) is 74.8 cm³/mol. The highest BCUT2D eigenvalue weighted by molar-refractivity contribution is 6.52. The van der Waals surface area contributed by atoms with Crippen molar-refractivity contribution in [2.75, 3.05) is 11.4 Å². The molecule has 3 rings (SSSR count). The summed E-state index contributed by atoms with van der Waals surface area (Å²) >= 11 is 0. The highest BCUT2D eigenvalue weighted by atomic mass is 16.2. The van der Waals surface area contributed by atoms with E-state index in [2.05, 4.69) is 0 Å². The molecule has 1 unspecified atom stereocenters. The summed E-state index contributed by atoms with van der Waals surface area (Å²) < 4.78 is 0. The topological polar surface area (TPSA) is 54.5 Å². The van der Waals surface area contributed by atoms with E-state index in [1.54, 1.807) is 17.0 Å². The molecule has 104 valence electrons. The normalized spacial score (nSPS) is 21.8. The van der Waals surface area contributed by atoms with Gasteiger partial charge < -0.3 is 4.90 Å². The van der Waals surface area contributed by atoms with E-state index in [0.29, 0.717) is 30.7 Å². The molecule has 0 aromatic heterocycles. The lowest BCUT2D eigenvalue weighted by Gasteiger charge is -2.19. The van der Waals surface area contributed by atoms with Gasteiger partial charge in [0.2, 0.25) is 0 Å². The lowest BCUT2D eigenvalue weighted by atomic mass is 10.0. The molecule has 1 aromatic carbocycles. The number of amides is 1. The van der Waals surface area contributed by atoms with Crippen molar-refractivity contribution in [2.45, 2.75) is 32.6 Å². The van der Waals surface area contributed by atoms with Crippen LogP contribution in [0, 0.1) is 12.8 Å². The second kappa shape index (κ2) is 4.85. The van der Waals surface area contributed by atoms with Crippen LogP contribution in [-0.2, 0) is 9.59 Å². The average molecular weight is 271 g/mol. The van der Waals surface area contributed by atoms with Gasteiger partial charge in [-0.05, 0) is 37.8 Å². The molecular formula is C16H17NO3. The maximum absolute atomic E-state index is 12.1. The van der Waals surface area contributed by atoms with Crippen LogP contribution in [0.5, 0.6) is 0 Å². The Morgan fingerprint density at radius 2 is 2.05 bits per heavy atom. The summed E-state index contributed by atoms with van der Waals surface area (Å²) in [5, 5.41) is 0. The van der Waals surface area contributed by atoms with Gasteiger partial charge in [0.1, 0.15) is 5.78 Å². The number of para-hydroxylation sites is 1. The van der Waals surface area contributed by atoms with E-state index < -0.39 is 11.7 Å². The zero-order chi connectivity index (χ0) is 14.3. The molecule has 20 heavy (non-hydrogen) atoms. The van der Waals surface area contributed by atoms with Gasteiger partial charge in [0.15, 0.2) is 0 Å². The molecular weight excluding hydrogens is 254 g/mol. The van der Waals surface area contributed by atoms with Crippen molar-refractivity contribution in [1.82, 2.24) is 0 Å². The van der Waals surface area contributed by atoms with Crippen LogP contribution >= 0.6 is 0 Å². The summed E-state index contributed by atoms with van der Waals surface area (Å²) in [4.78, 5) is 37.3. The number of benzene rings is 1. The van der Waals surface area contributed by atoms with E-state index >= 15 is 0 Å². The fourth-order valence-corrected chi connectivity index (χ4v) is 3.23. The molecule has 0 saturated heterocycles. The SMILES string of the molecule is Cc1cccc2c1N(CCC1CCCC1=O)C(=O)C2=O. The first-order valence-electron chi connectivity index (χ1n) is 7.08.